The van der Waals surface area contributed by atoms with Gasteiger partial charge in [-0.2, -0.15) is 5.10 Å². The van der Waals surface area contributed by atoms with E-state index in [1.807, 2.05) is 54.6 Å². The number of aromatic nitrogens is 4. The van der Waals surface area contributed by atoms with E-state index in [1.165, 1.54) is 11.2 Å². The van der Waals surface area contributed by atoms with Gasteiger partial charge in [0.05, 0.1) is 63.2 Å². The van der Waals surface area contributed by atoms with Crippen molar-refractivity contribution >= 4 is 40.3 Å². The molecule has 2 atom stereocenters. The lowest BCUT2D eigenvalue weighted by Gasteiger charge is -2.42. The lowest BCUT2D eigenvalue weighted by Crippen LogP contribution is -2.51. The smallest absolute Gasteiger partial charge is 0.259 e. The van der Waals surface area contributed by atoms with Crippen molar-refractivity contribution in [3.8, 4) is 22.8 Å². The first kappa shape index (κ1) is 47.8. The van der Waals surface area contributed by atoms with Crippen LogP contribution in [-0.4, -0.2) is 161 Å². The predicted octanol–water partition coefficient (Wildman–Crippen LogP) is 3.97. The molecule has 0 spiro atoms. The lowest BCUT2D eigenvalue weighted by atomic mass is 9.90. The minimum atomic E-state index is -1.22. The van der Waals surface area contributed by atoms with E-state index >= 15 is 0 Å². The lowest BCUT2D eigenvalue weighted by molar-refractivity contribution is -0.131. The molecular formula is C50H63N11O8. The van der Waals surface area contributed by atoms with Crippen molar-refractivity contribution < 1.29 is 38.4 Å². The Bertz CT molecular complexity index is 2510. The van der Waals surface area contributed by atoms with Gasteiger partial charge < -0.3 is 45.7 Å². The Kier molecular flexibility index (Phi) is 15.9. The highest BCUT2D eigenvalue weighted by molar-refractivity contribution is 6.06. The zero-order valence-electron chi connectivity index (χ0n) is 39.0. The van der Waals surface area contributed by atoms with E-state index in [-0.39, 0.29) is 30.0 Å². The zero-order valence-corrected chi connectivity index (χ0v) is 39.0. The maximum Gasteiger partial charge on any atom is 0.259 e. The topological polar surface area (TPSA) is 224 Å². The molecule has 3 fully saturated rings. The second-order valence-electron chi connectivity index (χ2n) is 17.9. The van der Waals surface area contributed by atoms with Crippen LogP contribution < -0.4 is 26.4 Å². The number of hydrogen-bond donors (Lipinski definition) is 5. The summed E-state index contributed by atoms with van der Waals surface area (Å²) in [4.78, 5) is 53.6. The van der Waals surface area contributed by atoms with Crippen LogP contribution in [0.3, 0.4) is 0 Å². The summed E-state index contributed by atoms with van der Waals surface area (Å²) in [5.41, 5.74) is 10.1. The highest BCUT2D eigenvalue weighted by Crippen LogP contribution is 2.40. The summed E-state index contributed by atoms with van der Waals surface area (Å²) < 4.78 is 25.3. The Hall–Kier alpha value is -6.22. The number of para-hydroxylation sites is 1. The molecule has 3 aliphatic heterocycles. The van der Waals surface area contributed by atoms with E-state index in [0.29, 0.717) is 82.3 Å². The summed E-state index contributed by atoms with van der Waals surface area (Å²) in [6.45, 7) is 8.61. The minimum absolute atomic E-state index is 0.0728. The fraction of sp³-hybridized carbons (Fsp3) is 0.480. The van der Waals surface area contributed by atoms with E-state index in [1.54, 1.807) is 18.2 Å². The van der Waals surface area contributed by atoms with E-state index in [9.17, 15) is 19.5 Å². The number of nitrogen functional groups attached to an aromatic ring is 1. The molecule has 3 aromatic carbocycles. The molecule has 5 heterocycles. The fourth-order valence-electron chi connectivity index (χ4n) is 9.91. The third-order valence-corrected chi connectivity index (χ3v) is 13.5. The minimum Gasteiger partial charge on any atom is -0.457 e. The van der Waals surface area contributed by atoms with Gasteiger partial charge in [0.1, 0.15) is 35.4 Å². The molecule has 1 aliphatic carbocycles. The number of fused-ring (bicyclic) bond motifs is 2. The summed E-state index contributed by atoms with van der Waals surface area (Å²) in [6, 6.07) is 22.8. The van der Waals surface area contributed by atoms with Crippen LogP contribution in [0.2, 0.25) is 0 Å². The van der Waals surface area contributed by atoms with Crippen molar-refractivity contribution in [3.63, 3.8) is 0 Å². The quantitative estimate of drug-likeness (QED) is 0.0657. The zero-order chi connectivity index (χ0) is 47.5. The second-order valence-corrected chi connectivity index (χ2v) is 17.9. The van der Waals surface area contributed by atoms with Crippen LogP contribution in [0.4, 0.5) is 11.5 Å². The van der Waals surface area contributed by atoms with Gasteiger partial charge in [-0.25, -0.2) is 14.6 Å². The number of aliphatic hydroxyl groups excluding tert-OH is 1. The van der Waals surface area contributed by atoms with E-state index < -0.39 is 18.2 Å². The number of carbonyl (C=O) groups excluding carboxylic acids is 3. The number of nitrogens with two attached hydrogens (primary N) is 1. The highest BCUT2D eigenvalue weighted by Gasteiger charge is 2.44. The first-order valence-corrected chi connectivity index (χ1v) is 24.3. The number of aliphatic hydroxyl groups is 1. The van der Waals surface area contributed by atoms with Gasteiger partial charge >= 0.3 is 0 Å². The number of nitrogens with zero attached hydrogens (tertiary/aromatic N) is 7. The monoisotopic (exact) mass is 945 g/mol. The molecule has 0 bridgehead atoms. The van der Waals surface area contributed by atoms with Gasteiger partial charge in [-0.15, -0.1) is 0 Å². The van der Waals surface area contributed by atoms with Gasteiger partial charge in [-0.1, -0.05) is 30.3 Å². The highest BCUT2D eigenvalue weighted by atomic mass is 16.5. The Morgan fingerprint density at radius 2 is 1.51 bits per heavy atom. The number of piperazine rings is 1. The van der Waals surface area contributed by atoms with Crippen molar-refractivity contribution in [2.24, 2.45) is 0 Å². The number of benzene rings is 3. The number of amides is 3. The Labute approximate surface area is 401 Å². The molecule has 1 saturated carbocycles. The molecule has 366 valence electrons. The summed E-state index contributed by atoms with van der Waals surface area (Å²) in [6.07, 6.45) is 5.77. The number of hydrogen-bond acceptors (Lipinski definition) is 15. The molecular weight excluding hydrogens is 883 g/mol. The Morgan fingerprint density at radius 3 is 2.26 bits per heavy atom. The summed E-state index contributed by atoms with van der Waals surface area (Å²) >= 11 is 0. The van der Waals surface area contributed by atoms with Crippen LogP contribution in [-0.2, 0) is 23.8 Å². The molecule has 2 saturated heterocycles. The molecule has 19 heteroatoms. The normalized spacial score (nSPS) is 21.0. The molecule has 69 heavy (non-hydrogen) atoms. The number of piperidine rings is 1. The predicted molar refractivity (Wildman–Crippen MR) is 259 cm³/mol. The molecule has 4 aliphatic rings. The number of ether oxygens (including phenoxy) is 4. The molecule has 2 aromatic heterocycles. The molecule has 6 N–H and O–H groups in total. The molecule has 0 radical (unpaired) electrons. The van der Waals surface area contributed by atoms with Gasteiger partial charge in [-0.05, 0) is 81.0 Å². The maximum atomic E-state index is 13.3. The number of rotatable bonds is 21. The summed E-state index contributed by atoms with van der Waals surface area (Å²) in [5, 5.41) is 25.4. The van der Waals surface area contributed by atoms with Gasteiger partial charge in [0.15, 0.2) is 11.9 Å². The molecule has 5 aromatic rings. The average molecular weight is 946 g/mol. The number of nitrogens with one attached hydrogen (secondary N) is 3. The molecule has 3 amide bonds. The van der Waals surface area contributed by atoms with Crippen LogP contribution in [0.15, 0.2) is 79.1 Å². The number of anilines is 2. The largest absolute Gasteiger partial charge is 0.457 e. The second kappa shape index (κ2) is 22.9. The van der Waals surface area contributed by atoms with E-state index in [4.69, 9.17) is 29.8 Å². The molecule has 19 nitrogen and oxygen atoms in total. The summed E-state index contributed by atoms with van der Waals surface area (Å²) in [5.74, 6) is 0.988. The maximum absolute atomic E-state index is 13.3. The first-order chi connectivity index (χ1) is 33.8. The van der Waals surface area contributed by atoms with Crippen molar-refractivity contribution in [1.29, 1.82) is 0 Å². The van der Waals surface area contributed by atoms with Crippen molar-refractivity contribution in [2.45, 2.75) is 62.9 Å². The van der Waals surface area contributed by atoms with Crippen LogP contribution in [0, 0.1) is 0 Å². The molecule has 2 unspecified atom stereocenters. The number of carbonyl (C=O) groups is 3. The SMILES string of the molecule is Nc1ncnc2c1c(-c1ccc(Oc3ccccc3)cc1)nn2[C@H]1CC[C@H](N2CCN(CCOCCOCCOCCNC(=O)CNc3cccc4c3C(=O)N(C3CCCNC3=O)C4O)CC2)CC1. The van der Waals surface area contributed by atoms with Crippen LogP contribution in [0.1, 0.15) is 66.7 Å². The fourth-order valence-corrected chi connectivity index (χ4v) is 9.91. The third-order valence-electron chi connectivity index (χ3n) is 13.5. The van der Waals surface area contributed by atoms with E-state index in [2.05, 4.69) is 40.4 Å². The van der Waals surface area contributed by atoms with Gasteiger partial charge in [0, 0.05) is 68.7 Å². The molecule has 9 rings (SSSR count). The Morgan fingerprint density at radius 1 is 0.797 bits per heavy atom. The third kappa shape index (κ3) is 11.5. The van der Waals surface area contributed by atoms with Gasteiger partial charge in [-0.3, -0.25) is 29.1 Å². The Balaban J connectivity index is 0.605. The first-order valence-electron chi connectivity index (χ1n) is 24.3. The van der Waals surface area contributed by atoms with Gasteiger partial charge in [0.2, 0.25) is 11.8 Å². The van der Waals surface area contributed by atoms with Crippen LogP contribution in [0.5, 0.6) is 11.5 Å². The van der Waals surface area contributed by atoms with Crippen LogP contribution in [0.25, 0.3) is 22.3 Å². The van der Waals surface area contributed by atoms with Crippen molar-refractivity contribution in [3.05, 3.63) is 90.3 Å². The van der Waals surface area contributed by atoms with Crippen LogP contribution >= 0.6 is 0 Å². The van der Waals surface area contributed by atoms with Crippen molar-refractivity contribution in [2.75, 3.05) is 103 Å². The van der Waals surface area contributed by atoms with E-state index in [0.717, 1.165) is 98.6 Å². The standard InChI is InChI=1S/C50H63N11O8/c51-46-44-45(34-11-17-38(18-12-34)69-37-6-2-1-3-7-37)57-61(47(44)56-33-55-46)36-15-13-35(14-16-36)59-23-21-58(22-24-59)25-27-67-29-31-68-30-28-66-26-20-52-42(62)32-54-40-9-4-8-39-43(40)50(65)60(49(39)64)41-10-5-19-53-48(41)63/h1-4,6-9,11-12,17-18,33,35-36,41,49,54,64H,5,10,13-16,19-32H2,(H,52,62)(H,53,63)(H2,51,55,56)/t35-,36-,41?,49?. The summed E-state index contributed by atoms with van der Waals surface area (Å²) in [7, 11) is 0. The van der Waals surface area contributed by atoms with Gasteiger partial charge in [0.25, 0.3) is 5.91 Å². The average Bonchev–Trinajstić information content (AvgIpc) is 3.89. The van der Waals surface area contributed by atoms with Crippen molar-refractivity contribution in [1.82, 2.24) is 45.1 Å².